The predicted molar refractivity (Wildman–Crippen MR) is 537 cm³/mol. The van der Waals surface area contributed by atoms with Gasteiger partial charge in [-0.3, -0.25) is 0 Å². The molecule has 0 unspecified atom stereocenters. The Morgan fingerprint density at radius 2 is 0.523 bits per heavy atom. The van der Waals surface area contributed by atoms with Gasteiger partial charge in [-0.05, 0) is 150 Å². The van der Waals surface area contributed by atoms with Crippen LogP contribution in [0.4, 0.5) is 0 Å². The zero-order chi connectivity index (χ0) is 84.7. The molecule has 0 fully saturated rings. The number of para-hydroxylation sites is 12. The first-order chi connectivity index (χ1) is 64.0. The molecule has 0 aliphatic carbocycles. The number of rotatable bonds is 10. The molecular formula is C120H71N7OSY3-6. The number of nitrogens with zero attached hydrogens (tertiary/aromatic N) is 7. The molecule has 9 aromatic heterocycles. The van der Waals surface area contributed by atoms with Gasteiger partial charge in [-0.2, -0.15) is 72.8 Å². The van der Waals surface area contributed by atoms with Crippen molar-refractivity contribution in [2.75, 3.05) is 0 Å². The molecule has 0 atom stereocenters. The number of fused-ring (bicyclic) bond motifs is 23. The van der Waals surface area contributed by atoms with Crippen molar-refractivity contribution < 1.29 is 103 Å². The van der Waals surface area contributed by atoms with E-state index in [9.17, 15) is 0 Å². The van der Waals surface area contributed by atoms with Crippen LogP contribution in [0.5, 0.6) is 0 Å². The number of hydrogen-bond acceptors (Lipinski definition) is 2. The van der Waals surface area contributed by atoms with Crippen LogP contribution in [0.25, 0.3) is 235 Å². The summed E-state index contributed by atoms with van der Waals surface area (Å²) in [4.78, 5) is 0. The molecule has 0 spiro atoms. The van der Waals surface area contributed by atoms with E-state index in [0.717, 1.165) is 111 Å². The zero-order valence-corrected chi connectivity index (χ0v) is 80.5. The molecule has 12 heteroatoms. The Bertz CT molecular complexity index is 9320. The fraction of sp³-hybridized carbons (Fsp3) is 0. The molecule has 132 heavy (non-hydrogen) atoms. The van der Waals surface area contributed by atoms with Crippen LogP contribution in [0.3, 0.4) is 0 Å². The summed E-state index contributed by atoms with van der Waals surface area (Å²) >= 11 is 1.86. The van der Waals surface area contributed by atoms with E-state index in [1.807, 2.05) is 72.0 Å². The molecular weight excluding hydrogens is 1850 g/mol. The van der Waals surface area contributed by atoms with Crippen LogP contribution in [-0.4, -0.2) is 32.0 Å². The average Bonchev–Trinajstić information content (AvgIpc) is 1.52. The Morgan fingerprint density at radius 3 is 0.962 bits per heavy atom. The second-order valence-electron chi connectivity index (χ2n) is 32.9. The van der Waals surface area contributed by atoms with E-state index in [-0.39, 0.29) is 98.1 Å². The molecule has 0 amide bonds. The molecule has 8 nitrogen and oxygen atoms in total. The minimum Gasteiger partial charge on any atom is -0.456 e. The van der Waals surface area contributed by atoms with Gasteiger partial charge in [-0.1, -0.05) is 292 Å². The largest absolute Gasteiger partial charge is 0.456 e. The summed E-state index contributed by atoms with van der Waals surface area (Å²) in [6.45, 7) is 0. The molecule has 613 valence electrons. The minimum absolute atomic E-state index is 0. The number of benzene rings is 19. The fourth-order valence-electron chi connectivity index (χ4n) is 20.2. The van der Waals surface area contributed by atoms with Gasteiger partial charge < -0.3 is 36.4 Å². The first-order valence-corrected chi connectivity index (χ1v) is 44.4. The smallest absolute Gasteiger partial charge is 0.135 e. The second kappa shape index (κ2) is 34.2. The van der Waals surface area contributed by atoms with Crippen molar-refractivity contribution >= 4 is 173 Å². The average molecular weight is 1930 g/mol. The molecule has 0 saturated carbocycles. The normalized spacial score (nSPS) is 11.6. The standard InChI is InChI=1S/C50H29N3S.C44H27N3.C26H15NO.3Y/c1-3-14-33(15-4-1)51-31-39(35-18-7-10-21-40(35)51)32-26-27-42-38(30-32)50-45(53(42)43-23-13-25-47-48(43)37-20-9-12-24-46(37)54-47)29-28-44-49(50)36-19-8-11-22-41(36)52(44)34-16-5-2-6-17-34;1-4-14-31(15-5-1)45-29-37(34-20-10-12-22-38(34)45)30-24-25-40-36(28-30)44-42(47(40)33-18-8-3-9-19-33)27-26-41-43(44)35-21-11-13-23-39(35)46(41)32-16-6-2-7-17-32;1-2-8-19(9-3-1)27-17-23(20-10-4-6-12-24(20)27)18-14-15-26-22(16-18)21-11-5-7-13-25(21)28-26;;;/h1-14,16-30H;1-14,16-28H;1-8,10-16H;;;/q3*-2;;;. The number of aromatic nitrogens is 7. The van der Waals surface area contributed by atoms with Crippen molar-refractivity contribution in [3.8, 4) is 73.2 Å². The third-order valence-corrected chi connectivity index (χ3v) is 26.9. The van der Waals surface area contributed by atoms with E-state index in [1.165, 1.54) is 124 Å². The topological polar surface area (TPSA) is 47.6 Å². The van der Waals surface area contributed by atoms with Crippen molar-refractivity contribution in [1.82, 2.24) is 32.0 Å². The maximum atomic E-state index is 5.98. The van der Waals surface area contributed by atoms with Crippen LogP contribution in [0.1, 0.15) is 0 Å². The molecule has 19 aromatic carbocycles. The number of hydrogen-bond donors (Lipinski definition) is 0. The first-order valence-electron chi connectivity index (χ1n) is 43.5. The number of thiophene rings is 1. The third-order valence-electron chi connectivity index (χ3n) is 25.8. The van der Waals surface area contributed by atoms with Gasteiger partial charge in [0.1, 0.15) is 11.2 Å². The summed E-state index contributed by atoms with van der Waals surface area (Å²) in [7, 11) is 0. The molecule has 0 bridgehead atoms. The van der Waals surface area contributed by atoms with Gasteiger partial charge in [0, 0.05) is 189 Å². The Kier molecular flexibility index (Phi) is 21.5. The Morgan fingerprint density at radius 1 is 0.205 bits per heavy atom. The van der Waals surface area contributed by atoms with E-state index in [4.69, 9.17) is 4.42 Å². The van der Waals surface area contributed by atoms with Crippen molar-refractivity contribution in [3.63, 3.8) is 0 Å². The summed E-state index contributed by atoms with van der Waals surface area (Å²) in [5.74, 6) is 0. The Labute approximate surface area is 839 Å². The van der Waals surface area contributed by atoms with Crippen molar-refractivity contribution in [1.29, 1.82) is 0 Å². The minimum atomic E-state index is 0. The predicted octanol–water partition coefficient (Wildman–Crippen LogP) is 31.3. The second-order valence-corrected chi connectivity index (χ2v) is 34.0. The van der Waals surface area contributed by atoms with Gasteiger partial charge in [-0.15, -0.1) is 28.4 Å². The Hall–Kier alpha value is -13.7. The monoisotopic (exact) mass is 1920 g/mol. The fourth-order valence-corrected chi connectivity index (χ4v) is 21.4. The molecule has 28 rings (SSSR count). The maximum absolute atomic E-state index is 5.98. The summed E-state index contributed by atoms with van der Waals surface area (Å²) in [6, 6.07) is 163. The van der Waals surface area contributed by atoms with Crippen molar-refractivity contribution in [2.24, 2.45) is 0 Å². The van der Waals surface area contributed by atoms with Gasteiger partial charge in [0.05, 0.1) is 49.8 Å². The van der Waals surface area contributed by atoms with Gasteiger partial charge >= 0.3 is 0 Å². The Balaban J connectivity index is 0.000000116. The van der Waals surface area contributed by atoms with E-state index >= 15 is 0 Å². The van der Waals surface area contributed by atoms with E-state index in [1.54, 1.807) is 0 Å². The van der Waals surface area contributed by atoms with E-state index < -0.39 is 0 Å². The summed E-state index contributed by atoms with van der Waals surface area (Å²) < 4.78 is 24.7. The third kappa shape index (κ3) is 13.5. The van der Waals surface area contributed by atoms with Gasteiger partial charge in [0.2, 0.25) is 0 Å². The first kappa shape index (κ1) is 82.7. The van der Waals surface area contributed by atoms with Crippen LogP contribution in [0.2, 0.25) is 0 Å². The zero-order valence-electron chi connectivity index (χ0n) is 71.2. The molecule has 3 radical (unpaired) electrons. The van der Waals surface area contributed by atoms with Crippen LogP contribution in [0.15, 0.2) is 435 Å². The number of furan rings is 1. The molecule has 0 saturated heterocycles. The van der Waals surface area contributed by atoms with E-state index in [2.05, 4.69) is 439 Å². The summed E-state index contributed by atoms with van der Waals surface area (Å²) in [6.07, 6.45) is 11.1. The van der Waals surface area contributed by atoms with Gasteiger partial charge in [-0.25, -0.2) is 18.2 Å². The van der Waals surface area contributed by atoms with E-state index in [0.29, 0.717) is 0 Å². The van der Waals surface area contributed by atoms with Crippen molar-refractivity contribution in [3.05, 3.63) is 468 Å². The SMILES string of the molecule is [Y].[Y].[Y].[c-]1ccccc1-n1[c-]c(-c2ccc3c(c2)c2c4c5ccccc5n(-c5ccccc5)c4ccc2n3-c2cccc3sc4ccccc4c23)c2ccccc21.[c-]1ccccc1-n1[c-]c(-c2ccc3c(c2)c2c4c5ccccc5n(-c5ccccc5)c4ccc2n3-c2ccccc2)c2ccccc21.[c-]1ccccc1-n1[c-]c(-c2ccc3oc4ccccc4c3c2)c2ccccc21. The molecule has 28 aromatic rings. The molecule has 9 heterocycles. The van der Waals surface area contributed by atoms with Gasteiger partial charge in [0.25, 0.3) is 0 Å². The van der Waals surface area contributed by atoms with Crippen LogP contribution >= 0.6 is 11.3 Å². The summed E-state index contributed by atoms with van der Waals surface area (Å²) in [5, 5.41) is 18.3. The van der Waals surface area contributed by atoms with Crippen LogP contribution in [-0.2, 0) is 98.1 Å². The summed E-state index contributed by atoms with van der Waals surface area (Å²) in [5.41, 5.74) is 29.0. The maximum Gasteiger partial charge on any atom is 0.135 e. The van der Waals surface area contributed by atoms with Crippen LogP contribution in [0, 0.1) is 36.8 Å². The van der Waals surface area contributed by atoms with Crippen LogP contribution < -0.4 is 0 Å². The molecule has 0 aliphatic heterocycles. The van der Waals surface area contributed by atoms with Crippen molar-refractivity contribution in [2.45, 2.75) is 0 Å². The van der Waals surface area contributed by atoms with Gasteiger partial charge in [0.15, 0.2) is 0 Å². The molecule has 0 aliphatic rings. The quantitative estimate of drug-likeness (QED) is 0.126. The molecule has 0 N–H and O–H groups in total.